The van der Waals surface area contributed by atoms with Crippen LogP contribution in [-0.4, -0.2) is 42.3 Å². The molecule has 1 aromatic heterocycles. The molecule has 0 spiro atoms. The number of non-ortho nitro benzene ring substituents is 1. The van der Waals surface area contributed by atoms with Gasteiger partial charge < -0.3 is 19.5 Å². The molecule has 0 atom stereocenters. The van der Waals surface area contributed by atoms with Crippen LogP contribution in [0.25, 0.3) is 0 Å². The average Bonchev–Trinajstić information content (AvgIpc) is 3.06. The zero-order valence-electron chi connectivity index (χ0n) is 12.1. The molecule has 1 amide bonds. The van der Waals surface area contributed by atoms with E-state index in [4.69, 9.17) is 9.26 Å². The molecule has 1 aliphatic rings. The van der Waals surface area contributed by atoms with Crippen molar-refractivity contribution in [2.75, 3.05) is 36.5 Å². The first-order valence-electron chi connectivity index (χ1n) is 6.99. The molecular weight excluding hydrogens is 304 g/mol. The van der Waals surface area contributed by atoms with Crippen LogP contribution in [0.2, 0.25) is 0 Å². The van der Waals surface area contributed by atoms with Gasteiger partial charge in [0.1, 0.15) is 0 Å². The number of carbonyl (C=O) groups excluding carboxylic acids is 1. The van der Waals surface area contributed by atoms with E-state index in [1.54, 1.807) is 6.07 Å². The van der Waals surface area contributed by atoms with E-state index in [-0.39, 0.29) is 11.4 Å². The lowest BCUT2D eigenvalue weighted by atomic mass is 10.2. The van der Waals surface area contributed by atoms with Crippen LogP contribution < -0.4 is 10.2 Å². The van der Waals surface area contributed by atoms with Gasteiger partial charge in [0.15, 0.2) is 5.69 Å². The molecular formula is C14H14N4O5. The number of nitrogens with zero attached hydrogens (tertiary/aromatic N) is 3. The largest absolute Gasteiger partial charge is 0.378 e. The van der Waals surface area contributed by atoms with Gasteiger partial charge in [-0.05, 0) is 6.07 Å². The highest BCUT2D eigenvalue weighted by Gasteiger charge is 2.19. The number of morpholine rings is 1. The van der Waals surface area contributed by atoms with Crippen LogP contribution in [0.15, 0.2) is 34.9 Å². The number of amides is 1. The summed E-state index contributed by atoms with van der Waals surface area (Å²) < 4.78 is 10.4. The van der Waals surface area contributed by atoms with Crippen molar-refractivity contribution in [3.63, 3.8) is 0 Å². The molecule has 0 saturated carbocycles. The Morgan fingerprint density at radius 3 is 2.83 bits per heavy atom. The van der Waals surface area contributed by atoms with Crippen LogP contribution in [0.3, 0.4) is 0 Å². The van der Waals surface area contributed by atoms with Gasteiger partial charge >= 0.3 is 0 Å². The van der Waals surface area contributed by atoms with Gasteiger partial charge in [0.25, 0.3) is 11.6 Å². The predicted octanol–water partition coefficient (Wildman–Crippen LogP) is 1.67. The van der Waals surface area contributed by atoms with Gasteiger partial charge in [-0.25, -0.2) is 0 Å². The molecule has 1 saturated heterocycles. The van der Waals surface area contributed by atoms with E-state index < -0.39 is 10.8 Å². The Kier molecular flexibility index (Phi) is 4.20. The second-order valence-electron chi connectivity index (χ2n) is 4.91. The van der Waals surface area contributed by atoms with Crippen molar-refractivity contribution in [2.24, 2.45) is 0 Å². The minimum atomic E-state index is -0.526. The van der Waals surface area contributed by atoms with Crippen molar-refractivity contribution in [3.05, 3.63) is 46.1 Å². The van der Waals surface area contributed by atoms with Gasteiger partial charge in [-0.3, -0.25) is 14.9 Å². The van der Waals surface area contributed by atoms with Crippen molar-refractivity contribution in [1.82, 2.24) is 5.16 Å². The van der Waals surface area contributed by atoms with Gasteiger partial charge in [-0.2, -0.15) is 0 Å². The molecule has 2 heterocycles. The van der Waals surface area contributed by atoms with Crippen LogP contribution in [0.1, 0.15) is 10.5 Å². The summed E-state index contributed by atoms with van der Waals surface area (Å²) >= 11 is 0. The van der Waals surface area contributed by atoms with E-state index in [9.17, 15) is 14.9 Å². The number of carbonyl (C=O) groups is 1. The van der Waals surface area contributed by atoms with E-state index in [2.05, 4.69) is 10.5 Å². The van der Waals surface area contributed by atoms with E-state index in [1.807, 2.05) is 4.90 Å². The van der Waals surface area contributed by atoms with Crippen molar-refractivity contribution in [3.8, 4) is 0 Å². The van der Waals surface area contributed by atoms with Crippen LogP contribution in [-0.2, 0) is 4.74 Å². The molecule has 0 unspecified atom stereocenters. The van der Waals surface area contributed by atoms with Gasteiger partial charge in [-0.1, -0.05) is 11.2 Å². The van der Waals surface area contributed by atoms with E-state index in [0.29, 0.717) is 37.9 Å². The molecule has 9 nitrogen and oxygen atoms in total. The maximum absolute atomic E-state index is 12.1. The maximum atomic E-state index is 12.1. The SMILES string of the molecule is O=C(Nc1cccc([N+](=O)[O-])c1)c1cc(N2CCOCC2)on1. The molecule has 9 heteroatoms. The number of anilines is 2. The van der Waals surface area contributed by atoms with Gasteiger partial charge in [0.2, 0.25) is 5.88 Å². The molecule has 2 aromatic rings. The highest BCUT2D eigenvalue weighted by Crippen LogP contribution is 2.20. The number of rotatable bonds is 4. The number of nitrogens with one attached hydrogen (secondary N) is 1. The summed E-state index contributed by atoms with van der Waals surface area (Å²) in [4.78, 5) is 24.3. The third-order valence-corrected chi connectivity index (χ3v) is 3.37. The molecule has 0 aliphatic carbocycles. The lowest BCUT2D eigenvalue weighted by Crippen LogP contribution is -2.35. The standard InChI is InChI=1S/C14H14N4O5/c19-14(15-10-2-1-3-11(8-10)18(20)21)12-9-13(23-16-12)17-4-6-22-7-5-17/h1-3,8-9H,4-7H2,(H,15,19). The minimum Gasteiger partial charge on any atom is -0.378 e. The van der Waals surface area contributed by atoms with E-state index in [0.717, 1.165) is 0 Å². The fraction of sp³-hybridized carbons (Fsp3) is 0.286. The number of hydrogen-bond acceptors (Lipinski definition) is 7. The smallest absolute Gasteiger partial charge is 0.277 e. The van der Waals surface area contributed by atoms with Crippen molar-refractivity contribution in [2.45, 2.75) is 0 Å². The fourth-order valence-corrected chi connectivity index (χ4v) is 2.20. The van der Waals surface area contributed by atoms with Crippen molar-refractivity contribution in [1.29, 1.82) is 0 Å². The first kappa shape index (κ1) is 15.0. The van der Waals surface area contributed by atoms with Gasteiger partial charge in [-0.15, -0.1) is 0 Å². The van der Waals surface area contributed by atoms with Crippen molar-refractivity contribution >= 4 is 23.2 Å². The highest BCUT2D eigenvalue weighted by molar-refractivity contribution is 6.03. The summed E-state index contributed by atoms with van der Waals surface area (Å²) in [6.07, 6.45) is 0. The number of hydrogen-bond donors (Lipinski definition) is 1. The Morgan fingerprint density at radius 2 is 2.09 bits per heavy atom. The van der Waals surface area contributed by atoms with Crippen LogP contribution in [0, 0.1) is 10.1 Å². The van der Waals surface area contributed by atoms with Crippen molar-refractivity contribution < 1.29 is 19.0 Å². The van der Waals surface area contributed by atoms with Gasteiger partial charge in [0, 0.05) is 37.0 Å². The lowest BCUT2D eigenvalue weighted by molar-refractivity contribution is -0.384. The molecule has 0 radical (unpaired) electrons. The normalized spacial score (nSPS) is 14.5. The average molecular weight is 318 g/mol. The van der Waals surface area contributed by atoms with E-state index >= 15 is 0 Å². The number of ether oxygens (including phenoxy) is 1. The topological polar surface area (TPSA) is 111 Å². The number of benzene rings is 1. The van der Waals surface area contributed by atoms with Crippen LogP contribution in [0.5, 0.6) is 0 Å². The Hall–Kier alpha value is -2.94. The molecule has 1 N–H and O–H groups in total. The number of nitro groups is 1. The second kappa shape index (κ2) is 6.44. The highest BCUT2D eigenvalue weighted by atomic mass is 16.6. The fourth-order valence-electron chi connectivity index (χ4n) is 2.20. The first-order valence-corrected chi connectivity index (χ1v) is 6.99. The summed E-state index contributed by atoms with van der Waals surface area (Å²) in [5, 5.41) is 17.0. The Bertz CT molecular complexity index is 723. The minimum absolute atomic E-state index is 0.100. The molecule has 120 valence electrons. The third kappa shape index (κ3) is 3.46. The summed E-state index contributed by atoms with van der Waals surface area (Å²) in [6, 6.07) is 7.23. The molecule has 1 aromatic carbocycles. The quantitative estimate of drug-likeness (QED) is 0.674. The Balaban J connectivity index is 1.70. The summed E-state index contributed by atoms with van der Waals surface area (Å²) in [6.45, 7) is 2.52. The summed E-state index contributed by atoms with van der Waals surface area (Å²) in [7, 11) is 0. The first-order chi connectivity index (χ1) is 11.1. The molecule has 23 heavy (non-hydrogen) atoms. The lowest BCUT2D eigenvalue weighted by Gasteiger charge is -2.25. The number of aromatic nitrogens is 1. The zero-order valence-corrected chi connectivity index (χ0v) is 12.1. The Morgan fingerprint density at radius 1 is 1.30 bits per heavy atom. The zero-order chi connectivity index (χ0) is 16.2. The van der Waals surface area contributed by atoms with Crippen LogP contribution >= 0.6 is 0 Å². The number of nitro benzene ring substituents is 1. The monoisotopic (exact) mass is 318 g/mol. The predicted molar refractivity (Wildman–Crippen MR) is 80.6 cm³/mol. The Labute approximate surface area is 131 Å². The van der Waals surface area contributed by atoms with Crippen LogP contribution in [0.4, 0.5) is 17.3 Å². The summed E-state index contributed by atoms with van der Waals surface area (Å²) in [5.74, 6) is 0.00579. The van der Waals surface area contributed by atoms with E-state index in [1.165, 1.54) is 24.3 Å². The molecule has 1 fully saturated rings. The summed E-state index contributed by atoms with van der Waals surface area (Å²) in [5.41, 5.74) is 0.329. The molecule has 0 bridgehead atoms. The maximum Gasteiger partial charge on any atom is 0.277 e. The molecule has 3 rings (SSSR count). The third-order valence-electron chi connectivity index (χ3n) is 3.37. The van der Waals surface area contributed by atoms with Gasteiger partial charge in [0.05, 0.1) is 18.1 Å². The second-order valence-corrected chi connectivity index (χ2v) is 4.91. The molecule has 1 aliphatic heterocycles.